The Labute approximate surface area is 157 Å². The van der Waals surface area contributed by atoms with Gasteiger partial charge in [-0.05, 0) is 37.2 Å². The first-order valence-corrected chi connectivity index (χ1v) is 9.55. The molecule has 2 aromatic rings. The monoisotopic (exact) mass is 362 g/mol. The summed E-state index contributed by atoms with van der Waals surface area (Å²) in [5.41, 5.74) is 0.657. The number of allylic oxidation sites excluding steroid dienone is 2. The predicted octanol–water partition coefficient (Wildman–Crippen LogP) is 2.29. The zero-order valence-electron chi connectivity index (χ0n) is 15.3. The summed E-state index contributed by atoms with van der Waals surface area (Å²) in [4.78, 5) is 31.9. The molecule has 1 aromatic heterocycles. The summed E-state index contributed by atoms with van der Waals surface area (Å²) in [5, 5.41) is 7.16. The van der Waals surface area contributed by atoms with Gasteiger partial charge in [0.25, 0.3) is 0 Å². The van der Waals surface area contributed by atoms with Crippen LogP contribution in [0.25, 0.3) is 0 Å². The minimum atomic E-state index is -0.577. The quantitative estimate of drug-likeness (QED) is 0.654. The number of hydrogen-bond donors (Lipinski definition) is 1. The van der Waals surface area contributed by atoms with Crippen LogP contribution in [-0.4, -0.2) is 31.9 Å². The average molecular weight is 362 g/mol. The molecule has 4 atom stereocenters. The van der Waals surface area contributed by atoms with Crippen LogP contribution in [0.2, 0.25) is 0 Å². The molecular weight excluding hydrogens is 340 g/mol. The summed E-state index contributed by atoms with van der Waals surface area (Å²) in [7, 11) is 0. The topological polar surface area (TPSA) is 79.0 Å². The standard InChI is InChI=1S/C21H22N4O2/c1-21-15-9-8-14(11-15)18(21)19(26)25(20(21)27)12-17-22-16(23-24-17)10-7-13-5-3-2-4-6-13/h2-6,8-9,14-15,18H,7,10-12H2,1H3,(H,22,23,24)/t14-,15+,18+,21-/m0/s1. The van der Waals surface area contributed by atoms with Crippen LogP contribution < -0.4 is 0 Å². The summed E-state index contributed by atoms with van der Waals surface area (Å²) in [5.74, 6) is 1.35. The van der Waals surface area contributed by atoms with Crippen LogP contribution in [0, 0.1) is 23.2 Å². The van der Waals surface area contributed by atoms with Crippen molar-refractivity contribution in [2.24, 2.45) is 23.2 Å². The van der Waals surface area contributed by atoms with E-state index in [2.05, 4.69) is 39.5 Å². The van der Waals surface area contributed by atoms with Gasteiger partial charge < -0.3 is 0 Å². The number of likely N-dealkylation sites (tertiary alicyclic amines) is 1. The molecule has 2 bridgehead atoms. The number of fused-ring (bicyclic) bond motifs is 5. The second kappa shape index (κ2) is 5.87. The van der Waals surface area contributed by atoms with Gasteiger partial charge in [-0.2, -0.15) is 5.10 Å². The Kier molecular flexibility index (Phi) is 3.57. The smallest absolute Gasteiger partial charge is 0.236 e. The van der Waals surface area contributed by atoms with E-state index in [-0.39, 0.29) is 36.1 Å². The molecule has 1 saturated heterocycles. The number of aromatic nitrogens is 3. The van der Waals surface area contributed by atoms with E-state index in [1.54, 1.807) is 0 Å². The predicted molar refractivity (Wildman–Crippen MR) is 98.1 cm³/mol. The van der Waals surface area contributed by atoms with Crippen molar-refractivity contribution < 1.29 is 9.59 Å². The van der Waals surface area contributed by atoms with Crippen LogP contribution >= 0.6 is 0 Å². The maximum Gasteiger partial charge on any atom is 0.236 e. The molecule has 6 heteroatoms. The highest BCUT2D eigenvalue weighted by Crippen LogP contribution is 2.60. The molecular formula is C21H22N4O2. The summed E-state index contributed by atoms with van der Waals surface area (Å²) in [6.45, 7) is 2.14. The van der Waals surface area contributed by atoms with Gasteiger partial charge in [-0.15, -0.1) is 0 Å². The lowest BCUT2D eigenvalue weighted by atomic mass is 9.71. The van der Waals surface area contributed by atoms with Gasteiger partial charge >= 0.3 is 0 Å². The number of aryl methyl sites for hydroxylation is 2. The molecule has 1 N–H and O–H groups in total. The molecule has 2 aliphatic carbocycles. The zero-order chi connectivity index (χ0) is 18.6. The van der Waals surface area contributed by atoms with Crippen LogP contribution in [0.1, 0.15) is 30.6 Å². The number of aromatic amines is 1. The van der Waals surface area contributed by atoms with E-state index in [4.69, 9.17) is 0 Å². The Morgan fingerprint density at radius 2 is 2.00 bits per heavy atom. The maximum atomic E-state index is 13.0. The third-order valence-corrected chi connectivity index (χ3v) is 6.57. The Bertz CT molecular complexity index is 935. The molecule has 0 spiro atoms. The molecule has 6 nitrogen and oxygen atoms in total. The number of imide groups is 1. The number of amides is 2. The third kappa shape index (κ3) is 2.39. The molecule has 2 fully saturated rings. The number of H-pyrrole nitrogens is 1. The van der Waals surface area contributed by atoms with Gasteiger partial charge in [0.1, 0.15) is 5.82 Å². The van der Waals surface area contributed by atoms with Gasteiger partial charge in [0, 0.05) is 6.42 Å². The fourth-order valence-electron chi connectivity index (χ4n) is 5.10. The molecule has 3 aliphatic rings. The van der Waals surface area contributed by atoms with E-state index in [0.29, 0.717) is 11.6 Å². The lowest BCUT2D eigenvalue weighted by Gasteiger charge is -2.28. The van der Waals surface area contributed by atoms with Crippen molar-refractivity contribution in [1.29, 1.82) is 0 Å². The highest BCUT2D eigenvalue weighted by Gasteiger charge is 2.67. The van der Waals surface area contributed by atoms with Crippen molar-refractivity contribution >= 4 is 11.8 Å². The minimum absolute atomic E-state index is 0.0541. The fraction of sp³-hybridized carbons (Fsp3) is 0.429. The second-order valence-corrected chi connectivity index (χ2v) is 8.06. The minimum Gasteiger partial charge on any atom is -0.274 e. The average Bonchev–Trinajstić information content (AvgIpc) is 3.42. The van der Waals surface area contributed by atoms with Crippen LogP contribution in [0.5, 0.6) is 0 Å². The van der Waals surface area contributed by atoms with E-state index < -0.39 is 5.41 Å². The number of hydrogen-bond acceptors (Lipinski definition) is 4. The molecule has 2 heterocycles. The van der Waals surface area contributed by atoms with Gasteiger partial charge in [-0.3, -0.25) is 19.6 Å². The Balaban J connectivity index is 1.29. The molecule has 1 aliphatic heterocycles. The zero-order valence-corrected chi connectivity index (χ0v) is 15.3. The highest BCUT2D eigenvalue weighted by molar-refractivity contribution is 6.08. The Hall–Kier alpha value is -2.76. The highest BCUT2D eigenvalue weighted by atomic mass is 16.2. The van der Waals surface area contributed by atoms with Crippen LogP contribution in [0.15, 0.2) is 42.5 Å². The molecule has 2 amide bonds. The maximum absolute atomic E-state index is 13.0. The van der Waals surface area contributed by atoms with Crippen molar-refractivity contribution in [2.45, 2.75) is 32.7 Å². The lowest BCUT2D eigenvalue weighted by Crippen LogP contribution is -2.37. The number of nitrogens with zero attached hydrogens (tertiary/aromatic N) is 3. The lowest BCUT2D eigenvalue weighted by molar-refractivity contribution is -0.143. The Morgan fingerprint density at radius 3 is 2.78 bits per heavy atom. The van der Waals surface area contributed by atoms with Gasteiger partial charge in [0.15, 0.2) is 5.82 Å². The normalized spacial score (nSPS) is 31.1. The molecule has 138 valence electrons. The molecule has 0 unspecified atom stereocenters. The van der Waals surface area contributed by atoms with Crippen LogP contribution in [0.4, 0.5) is 0 Å². The first kappa shape index (κ1) is 16.4. The van der Waals surface area contributed by atoms with Crippen molar-refractivity contribution in [3.05, 3.63) is 59.7 Å². The van der Waals surface area contributed by atoms with Crippen molar-refractivity contribution in [3.8, 4) is 0 Å². The number of carbonyl (C=O) groups excluding carboxylic acids is 2. The molecule has 1 aromatic carbocycles. The van der Waals surface area contributed by atoms with E-state index in [0.717, 1.165) is 19.3 Å². The number of rotatable bonds is 5. The van der Waals surface area contributed by atoms with E-state index >= 15 is 0 Å². The van der Waals surface area contributed by atoms with Gasteiger partial charge in [0.05, 0.1) is 17.9 Å². The van der Waals surface area contributed by atoms with E-state index in [1.165, 1.54) is 10.5 Å². The third-order valence-electron chi connectivity index (χ3n) is 6.57. The van der Waals surface area contributed by atoms with E-state index in [9.17, 15) is 9.59 Å². The van der Waals surface area contributed by atoms with Crippen LogP contribution in [-0.2, 0) is 29.0 Å². The second-order valence-electron chi connectivity index (χ2n) is 8.06. The van der Waals surface area contributed by atoms with E-state index in [1.807, 2.05) is 25.1 Å². The van der Waals surface area contributed by atoms with Gasteiger partial charge in [-0.25, -0.2) is 4.98 Å². The largest absolute Gasteiger partial charge is 0.274 e. The van der Waals surface area contributed by atoms with Gasteiger partial charge in [0.2, 0.25) is 11.8 Å². The molecule has 5 rings (SSSR count). The summed E-state index contributed by atoms with van der Waals surface area (Å²) >= 11 is 0. The fourth-order valence-corrected chi connectivity index (χ4v) is 5.10. The molecule has 1 saturated carbocycles. The number of carbonyl (C=O) groups is 2. The summed E-state index contributed by atoms with van der Waals surface area (Å²) in [6, 6.07) is 10.2. The summed E-state index contributed by atoms with van der Waals surface area (Å²) < 4.78 is 0. The first-order chi connectivity index (χ1) is 13.1. The first-order valence-electron chi connectivity index (χ1n) is 9.55. The van der Waals surface area contributed by atoms with Crippen molar-refractivity contribution in [2.75, 3.05) is 0 Å². The Morgan fingerprint density at radius 1 is 1.19 bits per heavy atom. The molecule has 0 radical (unpaired) electrons. The van der Waals surface area contributed by atoms with Crippen LogP contribution in [0.3, 0.4) is 0 Å². The van der Waals surface area contributed by atoms with Crippen molar-refractivity contribution in [3.63, 3.8) is 0 Å². The van der Waals surface area contributed by atoms with Gasteiger partial charge in [-0.1, -0.05) is 42.5 Å². The van der Waals surface area contributed by atoms with Crippen molar-refractivity contribution in [1.82, 2.24) is 20.1 Å². The summed E-state index contributed by atoms with van der Waals surface area (Å²) in [6.07, 6.45) is 6.73. The molecule has 27 heavy (non-hydrogen) atoms. The number of nitrogens with one attached hydrogen (secondary N) is 1. The SMILES string of the molecule is C[C@@]12C(=O)N(Cc3nc(CCc4ccccc4)n[nH]3)C(=O)[C@H]1[C@H]1C=C[C@@H]2C1. The number of benzene rings is 1.